The molecule has 0 aliphatic carbocycles. The molecule has 1 aliphatic heterocycles. The predicted octanol–water partition coefficient (Wildman–Crippen LogP) is 5.33. The van der Waals surface area contributed by atoms with Gasteiger partial charge in [0.05, 0.1) is 0 Å². The summed E-state index contributed by atoms with van der Waals surface area (Å²) in [4.78, 5) is 14.5. The van der Waals surface area contributed by atoms with Gasteiger partial charge in [-0.25, -0.2) is 4.79 Å². The lowest BCUT2D eigenvalue weighted by atomic mass is 9.99. The zero-order chi connectivity index (χ0) is 16.9. The lowest BCUT2D eigenvalue weighted by Gasteiger charge is -2.32. The van der Waals surface area contributed by atoms with Crippen LogP contribution in [0.3, 0.4) is 0 Å². The van der Waals surface area contributed by atoms with E-state index in [1.54, 1.807) is 0 Å². The number of halogens is 1. The molecule has 126 valence electrons. The zero-order valence-electron chi connectivity index (χ0n) is 13.8. The summed E-state index contributed by atoms with van der Waals surface area (Å²) in [6.45, 7) is 4.53. The molecule has 0 atom stereocenters. The van der Waals surface area contributed by atoms with Crippen LogP contribution in [-0.4, -0.2) is 19.1 Å². The number of benzene rings is 2. The van der Waals surface area contributed by atoms with Crippen molar-refractivity contribution in [3.05, 3.63) is 53.0 Å². The van der Waals surface area contributed by atoms with Crippen molar-refractivity contribution in [3.8, 4) is 0 Å². The standard InChI is InChI=1S/C19H22BrN3O/c1-14-9-11-23(12-10-14)18-7-5-16(6-8-18)21-19(24)22-17-4-2-3-15(20)13-17/h2-8,13-14H,9-12H2,1H3,(H2,21,22,24). The van der Waals surface area contributed by atoms with Gasteiger partial charge in [-0.15, -0.1) is 0 Å². The van der Waals surface area contributed by atoms with Gasteiger partial charge in [-0.3, -0.25) is 0 Å². The molecule has 24 heavy (non-hydrogen) atoms. The topological polar surface area (TPSA) is 44.4 Å². The number of carbonyl (C=O) groups excluding carboxylic acids is 1. The summed E-state index contributed by atoms with van der Waals surface area (Å²) in [5.74, 6) is 0.823. The molecule has 0 saturated carbocycles. The van der Waals surface area contributed by atoms with Crippen molar-refractivity contribution >= 4 is 39.0 Å². The van der Waals surface area contributed by atoms with Crippen molar-refractivity contribution < 1.29 is 4.79 Å². The molecular formula is C19H22BrN3O. The highest BCUT2D eigenvalue weighted by Gasteiger charge is 2.15. The molecule has 0 bridgehead atoms. The van der Waals surface area contributed by atoms with Gasteiger partial charge in [0.1, 0.15) is 0 Å². The summed E-state index contributed by atoms with van der Waals surface area (Å²) in [7, 11) is 0. The molecule has 5 heteroatoms. The Hall–Kier alpha value is -2.01. The molecule has 4 nitrogen and oxygen atoms in total. The van der Waals surface area contributed by atoms with Crippen LogP contribution in [0, 0.1) is 5.92 Å². The van der Waals surface area contributed by atoms with Gasteiger partial charge in [-0.05, 0) is 61.2 Å². The Morgan fingerprint density at radius 3 is 2.38 bits per heavy atom. The second-order valence-corrected chi connectivity index (χ2v) is 7.22. The number of rotatable bonds is 3. The van der Waals surface area contributed by atoms with Crippen molar-refractivity contribution in [2.45, 2.75) is 19.8 Å². The fourth-order valence-corrected chi connectivity index (χ4v) is 3.28. The Balaban J connectivity index is 1.56. The average molecular weight is 388 g/mol. The Morgan fingerprint density at radius 2 is 1.71 bits per heavy atom. The highest BCUT2D eigenvalue weighted by atomic mass is 79.9. The normalized spacial score (nSPS) is 15.2. The highest BCUT2D eigenvalue weighted by Crippen LogP contribution is 2.24. The number of anilines is 3. The second kappa shape index (κ2) is 7.71. The molecule has 2 amide bonds. The van der Waals surface area contributed by atoms with Gasteiger partial charge in [-0.2, -0.15) is 0 Å². The van der Waals surface area contributed by atoms with E-state index in [0.717, 1.165) is 34.9 Å². The van der Waals surface area contributed by atoms with E-state index >= 15 is 0 Å². The highest BCUT2D eigenvalue weighted by molar-refractivity contribution is 9.10. The fraction of sp³-hybridized carbons (Fsp3) is 0.316. The van der Waals surface area contributed by atoms with Gasteiger partial charge in [0.2, 0.25) is 0 Å². The molecule has 2 N–H and O–H groups in total. The zero-order valence-corrected chi connectivity index (χ0v) is 15.3. The maximum atomic E-state index is 12.1. The smallest absolute Gasteiger partial charge is 0.323 e. The van der Waals surface area contributed by atoms with Crippen LogP contribution in [0.25, 0.3) is 0 Å². The van der Waals surface area contributed by atoms with Gasteiger partial charge in [-0.1, -0.05) is 28.9 Å². The minimum Gasteiger partial charge on any atom is -0.372 e. The molecule has 0 unspecified atom stereocenters. The van der Waals surface area contributed by atoms with E-state index in [0.29, 0.717) is 0 Å². The number of hydrogen-bond donors (Lipinski definition) is 2. The third-order valence-electron chi connectivity index (χ3n) is 4.36. The van der Waals surface area contributed by atoms with Crippen molar-refractivity contribution in [1.82, 2.24) is 0 Å². The lowest BCUT2D eigenvalue weighted by Crippen LogP contribution is -2.32. The van der Waals surface area contributed by atoms with Crippen molar-refractivity contribution in [2.75, 3.05) is 28.6 Å². The molecule has 1 aliphatic rings. The second-order valence-electron chi connectivity index (χ2n) is 6.31. The van der Waals surface area contributed by atoms with Crippen LogP contribution in [0.1, 0.15) is 19.8 Å². The molecular weight excluding hydrogens is 366 g/mol. The molecule has 1 heterocycles. The summed E-state index contributed by atoms with van der Waals surface area (Å²) in [5.41, 5.74) is 2.76. The van der Waals surface area contributed by atoms with E-state index in [1.807, 2.05) is 36.4 Å². The Bertz CT molecular complexity index is 694. The molecule has 2 aromatic rings. The Kier molecular flexibility index (Phi) is 5.41. The molecule has 0 aromatic heterocycles. The van der Waals surface area contributed by atoms with E-state index in [-0.39, 0.29) is 6.03 Å². The molecule has 0 radical (unpaired) electrons. The Labute approximate surface area is 151 Å². The monoisotopic (exact) mass is 387 g/mol. The van der Waals surface area contributed by atoms with Crippen molar-refractivity contribution in [2.24, 2.45) is 5.92 Å². The van der Waals surface area contributed by atoms with E-state index in [4.69, 9.17) is 0 Å². The average Bonchev–Trinajstić information content (AvgIpc) is 2.56. The predicted molar refractivity (Wildman–Crippen MR) is 104 cm³/mol. The first-order chi connectivity index (χ1) is 11.6. The third kappa shape index (κ3) is 4.51. The number of hydrogen-bond acceptors (Lipinski definition) is 2. The van der Waals surface area contributed by atoms with Gasteiger partial charge >= 0.3 is 6.03 Å². The van der Waals surface area contributed by atoms with E-state index in [1.165, 1.54) is 18.5 Å². The number of nitrogens with zero attached hydrogens (tertiary/aromatic N) is 1. The SMILES string of the molecule is CC1CCN(c2ccc(NC(=O)Nc3cccc(Br)c3)cc2)CC1. The van der Waals surface area contributed by atoms with E-state index in [9.17, 15) is 4.79 Å². The first kappa shape index (κ1) is 16.8. The van der Waals surface area contributed by atoms with Crippen LogP contribution in [0.5, 0.6) is 0 Å². The van der Waals surface area contributed by atoms with Crippen LogP contribution >= 0.6 is 15.9 Å². The fourth-order valence-electron chi connectivity index (χ4n) is 2.88. The van der Waals surface area contributed by atoms with Crippen LogP contribution in [0.2, 0.25) is 0 Å². The lowest BCUT2D eigenvalue weighted by molar-refractivity contribution is 0.262. The van der Waals surface area contributed by atoms with Crippen LogP contribution in [0.4, 0.5) is 21.9 Å². The van der Waals surface area contributed by atoms with Crippen LogP contribution in [0.15, 0.2) is 53.0 Å². The first-order valence-electron chi connectivity index (χ1n) is 8.29. The summed E-state index contributed by atoms with van der Waals surface area (Å²) in [6, 6.07) is 15.3. The molecule has 0 spiro atoms. The van der Waals surface area contributed by atoms with Crippen LogP contribution in [-0.2, 0) is 0 Å². The Morgan fingerprint density at radius 1 is 1.04 bits per heavy atom. The van der Waals surface area contributed by atoms with Gasteiger partial charge < -0.3 is 15.5 Å². The first-order valence-corrected chi connectivity index (χ1v) is 9.08. The maximum Gasteiger partial charge on any atom is 0.323 e. The summed E-state index contributed by atoms with van der Waals surface area (Å²) in [5, 5.41) is 5.69. The number of piperidine rings is 1. The molecule has 1 fully saturated rings. The molecule has 2 aromatic carbocycles. The van der Waals surface area contributed by atoms with Crippen molar-refractivity contribution in [1.29, 1.82) is 0 Å². The van der Waals surface area contributed by atoms with Gasteiger partial charge in [0.15, 0.2) is 0 Å². The minimum atomic E-state index is -0.243. The third-order valence-corrected chi connectivity index (χ3v) is 4.85. The quantitative estimate of drug-likeness (QED) is 0.747. The summed E-state index contributed by atoms with van der Waals surface area (Å²) in [6.07, 6.45) is 2.49. The van der Waals surface area contributed by atoms with E-state index < -0.39 is 0 Å². The van der Waals surface area contributed by atoms with Gasteiger partial charge in [0.25, 0.3) is 0 Å². The van der Waals surface area contributed by atoms with Gasteiger partial charge in [0, 0.05) is 34.6 Å². The number of amides is 2. The number of carbonyl (C=O) groups is 1. The summed E-state index contributed by atoms with van der Waals surface area (Å²) < 4.78 is 0.931. The van der Waals surface area contributed by atoms with Crippen LogP contribution < -0.4 is 15.5 Å². The number of urea groups is 1. The van der Waals surface area contributed by atoms with E-state index in [2.05, 4.69) is 50.5 Å². The summed E-state index contributed by atoms with van der Waals surface area (Å²) >= 11 is 3.39. The largest absolute Gasteiger partial charge is 0.372 e. The molecule has 1 saturated heterocycles. The molecule has 3 rings (SSSR count). The minimum absolute atomic E-state index is 0.243. The maximum absolute atomic E-state index is 12.1. The number of nitrogens with one attached hydrogen (secondary N) is 2. The van der Waals surface area contributed by atoms with Crippen molar-refractivity contribution in [3.63, 3.8) is 0 Å².